The molecule has 2 aromatic rings. The Balaban J connectivity index is 2.39. The topological polar surface area (TPSA) is 63.8 Å². The van der Waals surface area contributed by atoms with Crippen LogP contribution in [0.1, 0.15) is 17.3 Å². The largest absolute Gasteiger partial charge is 0.271 e. The van der Waals surface area contributed by atoms with Crippen molar-refractivity contribution in [1.82, 2.24) is 15.4 Å². The zero-order valence-corrected chi connectivity index (χ0v) is 10.4. The average molecular weight is 297 g/mol. The highest BCUT2D eigenvalue weighted by Gasteiger charge is 2.15. The molecule has 1 unspecified atom stereocenters. The van der Waals surface area contributed by atoms with Crippen LogP contribution in [-0.2, 0) is 0 Å². The van der Waals surface area contributed by atoms with Gasteiger partial charge in [-0.15, -0.1) is 0 Å². The smallest absolute Gasteiger partial charge is 0.137 e. The van der Waals surface area contributed by atoms with Gasteiger partial charge in [0.2, 0.25) is 0 Å². The molecule has 1 aromatic heterocycles. The fraction of sp³-hybridized carbons (Fsp3) is 0.0909. The van der Waals surface area contributed by atoms with Crippen LogP contribution in [-0.4, -0.2) is 9.97 Å². The van der Waals surface area contributed by atoms with Gasteiger partial charge in [0.15, 0.2) is 0 Å². The molecular formula is C11H10BrFN4. The maximum absolute atomic E-state index is 13.1. The van der Waals surface area contributed by atoms with Crippen LogP contribution in [0.2, 0.25) is 0 Å². The fourth-order valence-corrected chi connectivity index (χ4v) is 1.90. The molecule has 6 heteroatoms. The Labute approximate surface area is 106 Å². The average Bonchev–Trinajstić information content (AvgIpc) is 2.36. The van der Waals surface area contributed by atoms with Gasteiger partial charge in [-0.05, 0) is 33.6 Å². The second-order valence-electron chi connectivity index (χ2n) is 3.40. The van der Waals surface area contributed by atoms with Gasteiger partial charge in [0.25, 0.3) is 0 Å². The fourth-order valence-electron chi connectivity index (χ4n) is 1.50. The molecule has 1 aromatic carbocycles. The van der Waals surface area contributed by atoms with E-state index in [1.54, 1.807) is 30.7 Å². The summed E-state index contributed by atoms with van der Waals surface area (Å²) in [5.74, 6) is 5.18. The summed E-state index contributed by atoms with van der Waals surface area (Å²) < 4.78 is 13.5. The molecule has 0 bridgehead atoms. The van der Waals surface area contributed by atoms with E-state index >= 15 is 0 Å². The number of nitrogens with two attached hydrogens (primary N) is 1. The minimum absolute atomic E-state index is 0.316. The van der Waals surface area contributed by atoms with Crippen LogP contribution < -0.4 is 11.3 Å². The summed E-state index contributed by atoms with van der Waals surface area (Å²) in [5.41, 5.74) is 4.12. The number of rotatable bonds is 3. The van der Waals surface area contributed by atoms with Gasteiger partial charge >= 0.3 is 0 Å². The quantitative estimate of drug-likeness (QED) is 0.671. The highest BCUT2D eigenvalue weighted by atomic mass is 79.9. The van der Waals surface area contributed by atoms with Gasteiger partial charge in [-0.25, -0.2) is 9.82 Å². The van der Waals surface area contributed by atoms with Gasteiger partial charge < -0.3 is 0 Å². The monoisotopic (exact) mass is 296 g/mol. The number of benzene rings is 1. The standard InChI is InChI=1S/C11H10BrFN4/c12-8-5-7(1-2-9(8)13)11(17-14)10-6-15-3-4-16-10/h1-6,11,17H,14H2. The number of aromatic nitrogens is 2. The maximum atomic E-state index is 13.1. The van der Waals surface area contributed by atoms with E-state index in [9.17, 15) is 4.39 Å². The lowest BCUT2D eigenvalue weighted by Gasteiger charge is -2.15. The number of hydrogen-bond donors (Lipinski definition) is 2. The number of hydrogen-bond acceptors (Lipinski definition) is 4. The molecule has 0 aliphatic carbocycles. The molecule has 1 heterocycles. The lowest BCUT2D eigenvalue weighted by molar-refractivity contribution is 0.602. The van der Waals surface area contributed by atoms with Crippen LogP contribution in [0.25, 0.3) is 0 Å². The summed E-state index contributed by atoms with van der Waals surface area (Å²) in [6.45, 7) is 0. The van der Waals surface area contributed by atoms with E-state index in [0.29, 0.717) is 10.2 Å². The maximum Gasteiger partial charge on any atom is 0.137 e. The Kier molecular flexibility index (Phi) is 3.78. The van der Waals surface area contributed by atoms with Gasteiger partial charge in [0, 0.05) is 12.4 Å². The molecule has 0 aliphatic heterocycles. The van der Waals surface area contributed by atoms with Gasteiger partial charge in [-0.2, -0.15) is 0 Å². The number of hydrazine groups is 1. The highest BCUT2D eigenvalue weighted by molar-refractivity contribution is 9.10. The van der Waals surface area contributed by atoms with Crippen molar-refractivity contribution < 1.29 is 4.39 Å². The summed E-state index contributed by atoms with van der Waals surface area (Å²) in [5, 5.41) is 0. The van der Waals surface area contributed by atoms with Crippen LogP contribution in [0, 0.1) is 5.82 Å². The summed E-state index contributed by atoms with van der Waals surface area (Å²) in [6.07, 6.45) is 4.78. The molecule has 0 amide bonds. The van der Waals surface area contributed by atoms with E-state index in [2.05, 4.69) is 31.3 Å². The molecule has 88 valence electrons. The van der Waals surface area contributed by atoms with Crippen molar-refractivity contribution in [3.05, 3.63) is 58.3 Å². The molecule has 0 spiro atoms. The van der Waals surface area contributed by atoms with Gasteiger partial charge in [-0.3, -0.25) is 15.8 Å². The second kappa shape index (κ2) is 5.31. The summed E-state index contributed by atoms with van der Waals surface area (Å²) in [6, 6.07) is 4.37. The Morgan fingerprint density at radius 3 is 2.76 bits per heavy atom. The molecule has 0 aliphatic rings. The first-order valence-corrected chi connectivity index (χ1v) is 5.68. The van der Waals surface area contributed by atoms with Crippen LogP contribution in [0.3, 0.4) is 0 Å². The van der Waals surface area contributed by atoms with Crippen LogP contribution in [0.4, 0.5) is 4.39 Å². The van der Waals surface area contributed by atoms with Gasteiger partial charge in [-0.1, -0.05) is 6.07 Å². The SMILES string of the molecule is NNC(c1ccc(F)c(Br)c1)c1cnccn1. The Morgan fingerprint density at radius 1 is 1.35 bits per heavy atom. The van der Waals surface area contributed by atoms with E-state index in [-0.39, 0.29) is 11.9 Å². The third-order valence-corrected chi connectivity index (χ3v) is 2.93. The van der Waals surface area contributed by atoms with Crippen LogP contribution >= 0.6 is 15.9 Å². The molecule has 2 rings (SSSR count). The van der Waals surface area contributed by atoms with Crippen molar-refractivity contribution in [2.24, 2.45) is 5.84 Å². The van der Waals surface area contributed by atoms with Crippen LogP contribution in [0.5, 0.6) is 0 Å². The minimum Gasteiger partial charge on any atom is -0.271 e. The lowest BCUT2D eigenvalue weighted by atomic mass is 10.0. The zero-order chi connectivity index (χ0) is 12.3. The molecule has 3 N–H and O–H groups in total. The van der Waals surface area contributed by atoms with E-state index in [0.717, 1.165) is 5.56 Å². The number of halogens is 2. The number of nitrogens with zero attached hydrogens (tertiary/aromatic N) is 2. The molecule has 0 fully saturated rings. The predicted molar refractivity (Wildman–Crippen MR) is 65.3 cm³/mol. The Bertz CT molecular complexity index is 506. The molecular weight excluding hydrogens is 287 g/mol. The summed E-state index contributed by atoms with van der Waals surface area (Å²) >= 11 is 3.14. The first-order valence-electron chi connectivity index (χ1n) is 4.89. The third kappa shape index (κ3) is 2.66. The Hall–Kier alpha value is -1.37. The van der Waals surface area contributed by atoms with Crippen molar-refractivity contribution in [2.75, 3.05) is 0 Å². The van der Waals surface area contributed by atoms with E-state index in [1.165, 1.54) is 6.07 Å². The second-order valence-corrected chi connectivity index (χ2v) is 4.26. The molecule has 0 saturated carbocycles. The van der Waals surface area contributed by atoms with Crippen molar-refractivity contribution in [1.29, 1.82) is 0 Å². The van der Waals surface area contributed by atoms with Crippen LogP contribution in [0.15, 0.2) is 41.3 Å². The number of nitrogens with one attached hydrogen (secondary N) is 1. The molecule has 0 radical (unpaired) electrons. The first-order chi connectivity index (χ1) is 8.22. The first kappa shape index (κ1) is 12.1. The summed E-state index contributed by atoms with van der Waals surface area (Å²) in [4.78, 5) is 8.14. The van der Waals surface area contributed by atoms with E-state index < -0.39 is 0 Å². The minimum atomic E-state index is -0.319. The lowest BCUT2D eigenvalue weighted by Crippen LogP contribution is -2.29. The zero-order valence-electron chi connectivity index (χ0n) is 8.77. The van der Waals surface area contributed by atoms with E-state index in [1.807, 2.05) is 0 Å². The normalized spacial score (nSPS) is 12.4. The van der Waals surface area contributed by atoms with Crippen molar-refractivity contribution in [2.45, 2.75) is 6.04 Å². The van der Waals surface area contributed by atoms with Crippen molar-refractivity contribution >= 4 is 15.9 Å². The highest BCUT2D eigenvalue weighted by Crippen LogP contribution is 2.24. The molecule has 17 heavy (non-hydrogen) atoms. The molecule has 1 atom stereocenters. The Morgan fingerprint density at radius 2 is 2.18 bits per heavy atom. The molecule has 0 saturated heterocycles. The van der Waals surface area contributed by atoms with Crippen molar-refractivity contribution in [3.63, 3.8) is 0 Å². The molecule has 4 nitrogen and oxygen atoms in total. The van der Waals surface area contributed by atoms with Gasteiger partial charge in [0.1, 0.15) is 5.82 Å². The third-order valence-electron chi connectivity index (χ3n) is 2.32. The van der Waals surface area contributed by atoms with Gasteiger partial charge in [0.05, 0.1) is 22.4 Å². The summed E-state index contributed by atoms with van der Waals surface area (Å²) in [7, 11) is 0. The van der Waals surface area contributed by atoms with Crippen molar-refractivity contribution in [3.8, 4) is 0 Å². The van der Waals surface area contributed by atoms with E-state index in [4.69, 9.17) is 5.84 Å². The predicted octanol–water partition coefficient (Wildman–Crippen LogP) is 1.93.